The van der Waals surface area contributed by atoms with E-state index >= 15 is 0 Å². The van der Waals surface area contributed by atoms with Gasteiger partial charge in [0.15, 0.2) is 0 Å². The molecule has 1 N–H and O–H groups in total. The number of hydrogen-bond donors (Lipinski definition) is 1. The van der Waals surface area contributed by atoms with Gasteiger partial charge in [-0.15, -0.1) is 0 Å². The molecular formula is C16H27N5. The molecule has 2 atom stereocenters. The van der Waals surface area contributed by atoms with Crippen LogP contribution in [0.5, 0.6) is 0 Å². The van der Waals surface area contributed by atoms with Crippen LogP contribution in [0.25, 0.3) is 0 Å². The van der Waals surface area contributed by atoms with E-state index in [9.17, 15) is 0 Å². The van der Waals surface area contributed by atoms with Crippen LogP contribution in [0, 0.1) is 0 Å². The van der Waals surface area contributed by atoms with E-state index in [0.717, 1.165) is 43.1 Å². The largest absolute Gasteiger partial charge is 0.369 e. The van der Waals surface area contributed by atoms with Crippen LogP contribution in [0.15, 0.2) is 12.4 Å². The number of nitrogens with zero attached hydrogens (tertiary/aromatic N) is 4. The summed E-state index contributed by atoms with van der Waals surface area (Å²) < 4.78 is 0. The Morgan fingerprint density at radius 1 is 1.19 bits per heavy atom. The van der Waals surface area contributed by atoms with Gasteiger partial charge in [0.1, 0.15) is 5.82 Å². The molecule has 2 unspecified atom stereocenters. The van der Waals surface area contributed by atoms with Gasteiger partial charge in [-0.05, 0) is 32.7 Å². The summed E-state index contributed by atoms with van der Waals surface area (Å²) in [4.78, 5) is 14.1. The summed E-state index contributed by atoms with van der Waals surface area (Å²) in [6.45, 7) is 6.39. The van der Waals surface area contributed by atoms with Crippen molar-refractivity contribution in [3.63, 3.8) is 0 Å². The fourth-order valence-corrected chi connectivity index (χ4v) is 3.53. The van der Waals surface area contributed by atoms with Crippen molar-refractivity contribution in [3.8, 4) is 0 Å². The summed E-state index contributed by atoms with van der Waals surface area (Å²) in [5.74, 6) is 0.884. The molecule has 0 amide bonds. The van der Waals surface area contributed by atoms with Crippen molar-refractivity contribution in [2.45, 2.75) is 51.2 Å². The number of likely N-dealkylation sites (N-methyl/N-ethyl adjacent to an activating group) is 1. The van der Waals surface area contributed by atoms with E-state index in [2.05, 4.69) is 39.1 Å². The monoisotopic (exact) mass is 289 g/mol. The predicted molar refractivity (Wildman–Crippen MR) is 85.3 cm³/mol. The first kappa shape index (κ1) is 14.7. The number of anilines is 1. The van der Waals surface area contributed by atoms with Crippen molar-refractivity contribution in [2.75, 3.05) is 32.0 Å². The summed E-state index contributed by atoms with van der Waals surface area (Å²) in [5, 5.41) is 3.27. The van der Waals surface area contributed by atoms with Gasteiger partial charge in [-0.3, -0.25) is 14.8 Å². The Hall–Kier alpha value is -1.20. The molecule has 5 nitrogen and oxygen atoms in total. The molecule has 2 fully saturated rings. The highest BCUT2D eigenvalue weighted by Gasteiger charge is 2.34. The maximum absolute atomic E-state index is 4.56. The van der Waals surface area contributed by atoms with Crippen molar-refractivity contribution in [1.82, 2.24) is 19.8 Å². The molecule has 1 aromatic heterocycles. The molecule has 116 valence electrons. The van der Waals surface area contributed by atoms with Crippen molar-refractivity contribution >= 4 is 5.82 Å². The number of rotatable bonds is 5. The predicted octanol–water partition coefficient (Wildman–Crippen LogP) is 1.97. The third-order valence-corrected chi connectivity index (χ3v) is 4.88. The van der Waals surface area contributed by atoms with E-state index in [0.29, 0.717) is 0 Å². The lowest BCUT2D eigenvalue weighted by molar-refractivity contribution is 0.213. The molecule has 2 aliphatic rings. The SMILES string of the molecule is CCCNc1cnc(CN2CCC3CCC(C2)N3C)cn1. The third kappa shape index (κ3) is 3.52. The Balaban J connectivity index is 1.56. The van der Waals surface area contributed by atoms with E-state index in [4.69, 9.17) is 0 Å². The Bertz CT molecular complexity index is 446. The van der Waals surface area contributed by atoms with Gasteiger partial charge in [-0.2, -0.15) is 0 Å². The number of hydrogen-bond acceptors (Lipinski definition) is 5. The second kappa shape index (κ2) is 6.71. The zero-order valence-electron chi connectivity index (χ0n) is 13.3. The van der Waals surface area contributed by atoms with Crippen LogP contribution in [-0.4, -0.2) is 58.5 Å². The minimum atomic E-state index is 0.732. The van der Waals surface area contributed by atoms with Crippen LogP contribution in [0.4, 0.5) is 5.82 Å². The van der Waals surface area contributed by atoms with Crippen LogP contribution in [0.3, 0.4) is 0 Å². The quantitative estimate of drug-likeness (QED) is 0.898. The first-order valence-corrected chi connectivity index (χ1v) is 8.25. The van der Waals surface area contributed by atoms with Crippen LogP contribution in [0.2, 0.25) is 0 Å². The summed E-state index contributed by atoms with van der Waals surface area (Å²) in [7, 11) is 2.29. The highest BCUT2D eigenvalue weighted by molar-refractivity contribution is 5.30. The molecule has 0 saturated carbocycles. The molecule has 0 aromatic carbocycles. The summed E-state index contributed by atoms with van der Waals surface area (Å²) >= 11 is 0. The van der Waals surface area contributed by atoms with Crippen LogP contribution < -0.4 is 5.32 Å². The van der Waals surface area contributed by atoms with Gasteiger partial charge in [0.05, 0.1) is 18.1 Å². The second-order valence-corrected chi connectivity index (χ2v) is 6.39. The third-order valence-electron chi connectivity index (χ3n) is 4.88. The molecular weight excluding hydrogens is 262 g/mol. The number of fused-ring (bicyclic) bond motifs is 2. The standard InChI is InChI=1S/C16H27N5/c1-3-7-17-16-10-18-13(9-19-16)11-21-8-6-14-4-5-15(12-21)20(14)2/h9-10,14-15H,3-8,11-12H2,1-2H3,(H,17,19). The van der Waals surface area contributed by atoms with Crippen LogP contribution in [0.1, 0.15) is 38.3 Å². The molecule has 3 heterocycles. The van der Waals surface area contributed by atoms with Crippen molar-refractivity contribution in [3.05, 3.63) is 18.1 Å². The van der Waals surface area contributed by atoms with E-state index in [1.54, 1.807) is 0 Å². The van der Waals surface area contributed by atoms with E-state index in [1.807, 2.05) is 12.4 Å². The average molecular weight is 289 g/mol. The zero-order valence-corrected chi connectivity index (χ0v) is 13.3. The van der Waals surface area contributed by atoms with E-state index < -0.39 is 0 Å². The minimum Gasteiger partial charge on any atom is -0.369 e. The normalized spacial score (nSPS) is 26.8. The molecule has 0 spiro atoms. The number of aromatic nitrogens is 2. The first-order chi connectivity index (χ1) is 10.3. The number of nitrogens with one attached hydrogen (secondary N) is 1. The molecule has 2 aliphatic heterocycles. The Labute approximate surface area is 127 Å². The van der Waals surface area contributed by atoms with Gasteiger partial charge in [-0.25, -0.2) is 4.98 Å². The lowest BCUT2D eigenvalue weighted by atomic mass is 10.1. The lowest BCUT2D eigenvalue weighted by Gasteiger charge is -2.25. The van der Waals surface area contributed by atoms with Gasteiger partial charge in [0.25, 0.3) is 0 Å². The average Bonchev–Trinajstić information content (AvgIpc) is 2.75. The van der Waals surface area contributed by atoms with E-state index in [-0.39, 0.29) is 0 Å². The lowest BCUT2D eigenvalue weighted by Crippen LogP contribution is -2.36. The Morgan fingerprint density at radius 2 is 2.05 bits per heavy atom. The molecule has 5 heteroatoms. The smallest absolute Gasteiger partial charge is 0.144 e. The van der Waals surface area contributed by atoms with Gasteiger partial charge >= 0.3 is 0 Å². The Kier molecular flexibility index (Phi) is 4.70. The fraction of sp³-hybridized carbons (Fsp3) is 0.750. The zero-order chi connectivity index (χ0) is 14.7. The summed E-state index contributed by atoms with van der Waals surface area (Å²) in [6, 6.07) is 1.53. The van der Waals surface area contributed by atoms with Crippen molar-refractivity contribution in [2.24, 2.45) is 0 Å². The molecule has 2 bridgehead atoms. The van der Waals surface area contributed by atoms with Crippen molar-refractivity contribution < 1.29 is 0 Å². The van der Waals surface area contributed by atoms with Gasteiger partial charge < -0.3 is 5.32 Å². The molecule has 0 radical (unpaired) electrons. The van der Waals surface area contributed by atoms with Gasteiger partial charge in [0.2, 0.25) is 0 Å². The number of likely N-dealkylation sites (tertiary alicyclic amines) is 1. The van der Waals surface area contributed by atoms with Gasteiger partial charge in [-0.1, -0.05) is 6.92 Å². The highest BCUT2D eigenvalue weighted by atomic mass is 15.3. The maximum Gasteiger partial charge on any atom is 0.144 e. The summed E-state index contributed by atoms with van der Waals surface area (Å²) in [6.07, 6.45) is 8.91. The highest BCUT2D eigenvalue weighted by Crippen LogP contribution is 2.28. The van der Waals surface area contributed by atoms with E-state index in [1.165, 1.54) is 32.4 Å². The maximum atomic E-state index is 4.56. The topological polar surface area (TPSA) is 44.3 Å². The molecule has 2 saturated heterocycles. The van der Waals surface area contributed by atoms with Gasteiger partial charge in [0, 0.05) is 38.3 Å². The van der Waals surface area contributed by atoms with Crippen LogP contribution in [-0.2, 0) is 6.54 Å². The fourth-order valence-electron chi connectivity index (χ4n) is 3.53. The second-order valence-electron chi connectivity index (χ2n) is 6.39. The Morgan fingerprint density at radius 3 is 2.81 bits per heavy atom. The molecule has 3 rings (SSSR count). The summed E-state index contributed by atoms with van der Waals surface area (Å²) in [5.41, 5.74) is 1.08. The molecule has 0 aliphatic carbocycles. The molecule has 1 aromatic rings. The molecule has 21 heavy (non-hydrogen) atoms. The minimum absolute atomic E-state index is 0.732. The first-order valence-electron chi connectivity index (χ1n) is 8.25. The van der Waals surface area contributed by atoms with Crippen molar-refractivity contribution in [1.29, 1.82) is 0 Å². The van der Waals surface area contributed by atoms with Crippen LogP contribution >= 0.6 is 0 Å².